The summed E-state index contributed by atoms with van der Waals surface area (Å²) >= 11 is 0. The third kappa shape index (κ3) is 6.79. The number of ether oxygens (including phenoxy) is 1. The van der Waals surface area contributed by atoms with Crippen molar-refractivity contribution in [3.05, 3.63) is 35.4 Å². The molecule has 2 fully saturated rings. The molecule has 2 amide bonds. The Hall–Kier alpha value is -2.41. The molecule has 0 aliphatic carbocycles. The predicted molar refractivity (Wildman–Crippen MR) is 129 cm³/mol. The third-order valence-electron chi connectivity index (χ3n) is 7.03. The van der Waals surface area contributed by atoms with E-state index >= 15 is 0 Å². The molecule has 2 aliphatic heterocycles. The Morgan fingerprint density at radius 3 is 2.27 bits per heavy atom. The summed E-state index contributed by atoms with van der Waals surface area (Å²) in [6, 6.07) is 6.94. The molecule has 2 heterocycles. The highest BCUT2D eigenvalue weighted by Crippen LogP contribution is 2.41. The Balaban J connectivity index is 1.38. The van der Waals surface area contributed by atoms with E-state index in [0.717, 1.165) is 71.1 Å². The van der Waals surface area contributed by atoms with Crippen molar-refractivity contribution < 1.29 is 19.1 Å². The molecule has 3 rings (SSSR count). The summed E-state index contributed by atoms with van der Waals surface area (Å²) in [4.78, 5) is 42.3. The second-order valence-electron chi connectivity index (χ2n) is 10.6. The number of nitrogens with zero attached hydrogens (tertiary/aromatic N) is 3. The number of piperidine rings is 2. The average Bonchev–Trinajstić information content (AvgIpc) is 2.79. The topological polar surface area (TPSA) is 70.2 Å². The van der Waals surface area contributed by atoms with Gasteiger partial charge in [0.15, 0.2) is 6.29 Å². The van der Waals surface area contributed by atoms with Crippen LogP contribution >= 0.6 is 0 Å². The molecule has 0 radical (unpaired) electrons. The molecule has 0 N–H and O–H groups in total. The number of benzene rings is 1. The van der Waals surface area contributed by atoms with E-state index in [2.05, 4.69) is 4.90 Å². The normalized spacial score (nSPS) is 18.7. The van der Waals surface area contributed by atoms with E-state index < -0.39 is 5.60 Å². The molecule has 0 unspecified atom stereocenters. The van der Waals surface area contributed by atoms with Crippen molar-refractivity contribution >= 4 is 18.3 Å². The minimum absolute atomic E-state index is 0.105. The Morgan fingerprint density at radius 2 is 1.67 bits per heavy atom. The van der Waals surface area contributed by atoms with E-state index in [1.807, 2.05) is 25.7 Å². The fourth-order valence-corrected chi connectivity index (χ4v) is 4.87. The van der Waals surface area contributed by atoms with Gasteiger partial charge in [-0.25, -0.2) is 4.79 Å². The van der Waals surface area contributed by atoms with Crippen LogP contribution in [-0.2, 0) is 4.74 Å². The lowest BCUT2D eigenvalue weighted by Gasteiger charge is -2.47. The van der Waals surface area contributed by atoms with Crippen molar-refractivity contribution in [3.8, 4) is 0 Å². The number of carbonyl (C=O) groups excluding carboxylic acids is 3. The summed E-state index contributed by atoms with van der Waals surface area (Å²) in [7, 11) is 1.80. The molecule has 0 saturated carbocycles. The number of carbonyl (C=O) groups is 3. The van der Waals surface area contributed by atoms with Gasteiger partial charge in [-0.1, -0.05) is 18.2 Å². The monoisotopic (exact) mass is 457 g/mol. The molecular weight excluding hydrogens is 418 g/mol. The van der Waals surface area contributed by atoms with Gasteiger partial charge >= 0.3 is 6.09 Å². The highest BCUT2D eigenvalue weighted by atomic mass is 16.6. The summed E-state index contributed by atoms with van der Waals surface area (Å²) in [5.74, 6) is -0.105. The molecule has 7 heteroatoms. The first kappa shape index (κ1) is 25.2. The minimum Gasteiger partial charge on any atom is -0.444 e. The van der Waals surface area contributed by atoms with E-state index in [9.17, 15) is 14.4 Å². The second kappa shape index (κ2) is 10.7. The van der Waals surface area contributed by atoms with Crippen LogP contribution < -0.4 is 0 Å². The summed E-state index contributed by atoms with van der Waals surface area (Å²) in [6.07, 6.45) is 5.88. The van der Waals surface area contributed by atoms with Crippen molar-refractivity contribution in [2.75, 3.05) is 46.3 Å². The van der Waals surface area contributed by atoms with Crippen LogP contribution in [0.3, 0.4) is 0 Å². The van der Waals surface area contributed by atoms with Crippen molar-refractivity contribution in [1.29, 1.82) is 0 Å². The maximum absolute atomic E-state index is 12.7. The van der Waals surface area contributed by atoms with Crippen LogP contribution in [0.5, 0.6) is 0 Å². The first-order valence-corrected chi connectivity index (χ1v) is 12.1. The van der Waals surface area contributed by atoms with Crippen LogP contribution in [-0.4, -0.2) is 84.9 Å². The van der Waals surface area contributed by atoms with Gasteiger partial charge in [-0.05, 0) is 84.0 Å². The van der Waals surface area contributed by atoms with Gasteiger partial charge in [0.25, 0.3) is 5.91 Å². The van der Waals surface area contributed by atoms with E-state index in [1.165, 1.54) is 0 Å². The molecule has 0 aromatic heterocycles. The highest BCUT2D eigenvalue weighted by molar-refractivity contribution is 6.01. The smallest absolute Gasteiger partial charge is 0.410 e. The molecule has 0 bridgehead atoms. The van der Waals surface area contributed by atoms with Crippen molar-refractivity contribution in [2.45, 2.75) is 58.5 Å². The standard InChI is InChI=1S/C26H39N3O4/c1-25(2,3)33-24(32)29-18-12-26(13-19-29)10-16-28(17-11-26)15-7-14-27(4)23(31)22-9-6-5-8-21(22)20-30/h5-6,8-9,20H,7,10-19H2,1-4H3. The van der Waals surface area contributed by atoms with E-state index in [0.29, 0.717) is 23.1 Å². The average molecular weight is 458 g/mol. The molecule has 0 atom stereocenters. The van der Waals surface area contributed by atoms with Gasteiger partial charge in [-0.2, -0.15) is 0 Å². The Kier molecular flexibility index (Phi) is 8.16. The van der Waals surface area contributed by atoms with Crippen LogP contribution in [0, 0.1) is 5.41 Å². The Morgan fingerprint density at radius 1 is 1.06 bits per heavy atom. The third-order valence-corrected chi connectivity index (χ3v) is 7.03. The van der Waals surface area contributed by atoms with Crippen LogP contribution in [0.4, 0.5) is 4.79 Å². The van der Waals surface area contributed by atoms with Gasteiger partial charge in [-0.3, -0.25) is 9.59 Å². The van der Waals surface area contributed by atoms with Gasteiger partial charge in [-0.15, -0.1) is 0 Å². The second-order valence-corrected chi connectivity index (χ2v) is 10.6. The summed E-state index contributed by atoms with van der Waals surface area (Å²) in [5.41, 5.74) is 0.801. The lowest BCUT2D eigenvalue weighted by molar-refractivity contribution is -0.00253. The number of hydrogen-bond donors (Lipinski definition) is 0. The largest absolute Gasteiger partial charge is 0.444 e. The molecule has 7 nitrogen and oxygen atoms in total. The van der Waals surface area contributed by atoms with Crippen LogP contribution in [0.1, 0.15) is 73.6 Å². The van der Waals surface area contributed by atoms with Gasteiger partial charge in [0, 0.05) is 32.2 Å². The fraction of sp³-hybridized carbons (Fsp3) is 0.654. The fourth-order valence-electron chi connectivity index (χ4n) is 4.87. The van der Waals surface area contributed by atoms with E-state index in [1.54, 1.807) is 36.2 Å². The quantitative estimate of drug-likeness (QED) is 0.602. The van der Waals surface area contributed by atoms with Crippen molar-refractivity contribution in [2.24, 2.45) is 5.41 Å². The molecule has 1 aromatic rings. The lowest BCUT2D eigenvalue weighted by atomic mass is 9.71. The molecule has 1 spiro atoms. The molecule has 182 valence electrons. The maximum Gasteiger partial charge on any atom is 0.410 e. The zero-order valence-electron chi connectivity index (χ0n) is 20.6. The van der Waals surface area contributed by atoms with Crippen molar-refractivity contribution in [3.63, 3.8) is 0 Å². The minimum atomic E-state index is -0.450. The summed E-state index contributed by atoms with van der Waals surface area (Å²) in [6.45, 7) is 11.0. The number of hydrogen-bond acceptors (Lipinski definition) is 5. The number of amides is 2. The molecular formula is C26H39N3O4. The van der Waals surface area contributed by atoms with Crippen LogP contribution in [0.2, 0.25) is 0 Å². The number of likely N-dealkylation sites (tertiary alicyclic amines) is 2. The molecule has 1 aromatic carbocycles. The lowest BCUT2D eigenvalue weighted by Crippen LogP contribution is -2.49. The first-order valence-electron chi connectivity index (χ1n) is 12.1. The number of aldehydes is 1. The SMILES string of the molecule is CN(CCCN1CCC2(CC1)CCN(C(=O)OC(C)(C)C)CC2)C(=O)c1ccccc1C=O. The van der Waals surface area contributed by atoms with Crippen LogP contribution in [0.25, 0.3) is 0 Å². The Labute approximate surface area is 198 Å². The van der Waals surface area contributed by atoms with Crippen LogP contribution in [0.15, 0.2) is 24.3 Å². The zero-order valence-corrected chi connectivity index (χ0v) is 20.6. The Bertz CT molecular complexity index is 830. The number of rotatable bonds is 6. The summed E-state index contributed by atoms with van der Waals surface area (Å²) in [5, 5.41) is 0. The highest BCUT2D eigenvalue weighted by Gasteiger charge is 2.39. The summed E-state index contributed by atoms with van der Waals surface area (Å²) < 4.78 is 5.53. The van der Waals surface area contributed by atoms with Gasteiger partial charge in [0.2, 0.25) is 0 Å². The van der Waals surface area contributed by atoms with E-state index in [4.69, 9.17) is 4.74 Å². The zero-order chi connectivity index (χ0) is 24.1. The predicted octanol–water partition coefficient (Wildman–Crippen LogP) is 4.07. The molecule has 2 saturated heterocycles. The van der Waals surface area contributed by atoms with Gasteiger partial charge in [0.05, 0.1) is 5.56 Å². The van der Waals surface area contributed by atoms with Gasteiger partial charge < -0.3 is 19.4 Å². The van der Waals surface area contributed by atoms with Gasteiger partial charge in [0.1, 0.15) is 5.60 Å². The van der Waals surface area contributed by atoms with E-state index in [-0.39, 0.29) is 12.0 Å². The maximum atomic E-state index is 12.7. The molecule has 2 aliphatic rings. The van der Waals surface area contributed by atoms with Crippen molar-refractivity contribution in [1.82, 2.24) is 14.7 Å². The first-order chi connectivity index (χ1) is 15.6. The molecule has 33 heavy (non-hydrogen) atoms.